The molecule has 0 spiro atoms. The fourth-order valence-electron chi connectivity index (χ4n) is 3.84. The van der Waals surface area contributed by atoms with Gasteiger partial charge in [0.1, 0.15) is 11.3 Å². The van der Waals surface area contributed by atoms with Gasteiger partial charge in [-0.2, -0.15) is 0 Å². The molecule has 3 aromatic heterocycles. The second-order valence-corrected chi connectivity index (χ2v) is 9.34. The molecule has 1 aliphatic heterocycles. The topological polar surface area (TPSA) is 128 Å². The number of pyridine rings is 1. The Morgan fingerprint density at radius 2 is 1.97 bits per heavy atom. The summed E-state index contributed by atoms with van der Waals surface area (Å²) in [7, 11) is 0. The van der Waals surface area contributed by atoms with Gasteiger partial charge in [-0.05, 0) is 45.6 Å². The zero-order valence-electron chi connectivity index (χ0n) is 19.4. The molecule has 0 aliphatic carbocycles. The minimum Gasteiger partial charge on any atom is -0.444 e. The number of fused-ring (bicyclic) bond motifs is 1. The van der Waals surface area contributed by atoms with Crippen molar-refractivity contribution in [3.05, 3.63) is 42.4 Å². The Morgan fingerprint density at radius 1 is 1.24 bits per heavy atom. The SMILES string of the molecule is CC(C)(C)OC(=O)N1CCC(CNc2nc(-c3ccncc3F)cn3cc(C(N)=O)nc23)CC1. The molecule has 34 heavy (non-hydrogen) atoms. The number of carbonyl (C=O) groups is 2. The quantitative estimate of drug-likeness (QED) is 0.588. The third-order valence-electron chi connectivity index (χ3n) is 5.56. The van der Waals surface area contributed by atoms with Crippen LogP contribution in [0.3, 0.4) is 0 Å². The average Bonchev–Trinajstić information content (AvgIpc) is 3.22. The van der Waals surface area contributed by atoms with Gasteiger partial charge >= 0.3 is 6.09 Å². The molecule has 3 N–H and O–H groups in total. The van der Waals surface area contributed by atoms with E-state index in [-0.39, 0.29) is 23.3 Å². The van der Waals surface area contributed by atoms with Crippen LogP contribution in [-0.4, -0.2) is 61.5 Å². The Morgan fingerprint density at radius 3 is 2.62 bits per heavy atom. The van der Waals surface area contributed by atoms with Gasteiger partial charge < -0.3 is 25.1 Å². The van der Waals surface area contributed by atoms with E-state index < -0.39 is 17.3 Å². The number of nitrogens with zero attached hydrogens (tertiary/aromatic N) is 5. The van der Waals surface area contributed by atoms with Crippen LogP contribution < -0.4 is 11.1 Å². The van der Waals surface area contributed by atoms with Gasteiger partial charge in [0.25, 0.3) is 5.91 Å². The van der Waals surface area contributed by atoms with E-state index in [0.29, 0.717) is 36.8 Å². The number of amides is 2. The summed E-state index contributed by atoms with van der Waals surface area (Å²) in [6, 6.07) is 1.53. The number of rotatable bonds is 5. The molecule has 0 saturated carbocycles. The fraction of sp³-hybridized carbons (Fsp3) is 0.435. The van der Waals surface area contributed by atoms with Crippen LogP contribution in [0, 0.1) is 11.7 Å². The molecule has 2 amide bonds. The Hall–Kier alpha value is -3.76. The Bertz CT molecular complexity index is 1210. The van der Waals surface area contributed by atoms with Crippen molar-refractivity contribution in [3.63, 3.8) is 0 Å². The number of nitrogens with two attached hydrogens (primary N) is 1. The van der Waals surface area contributed by atoms with E-state index in [2.05, 4.69) is 20.3 Å². The van der Waals surface area contributed by atoms with Gasteiger partial charge in [-0.25, -0.2) is 19.2 Å². The molecule has 0 unspecified atom stereocenters. The van der Waals surface area contributed by atoms with Crippen LogP contribution in [-0.2, 0) is 4.74 Å². The molecular weight excluding hydrogens is 441 g/mol. The van der Waals surface area contributed by atoms with Gasteiger partial charge in [-0.1, -0.05) is 0 Å². The summed E-state index contributed by atoms with van der Waals surface area (Å²) in [5, 5.41) is 3.30. The number of primary amides is 1. The number of carbonyl (C=O) groups excluding carboxylic acids is 2. The first-order valence-corrected chi connectivity index (χ1v) is 11.1. The van der Waals surface area contributed by atoms with Gasteiger partial charge in [0.15, 0.2) is 17.3 Å². The van der Waals surface area contributed by atoms with E-state index in [1.807, 2.05) is 20.8 Å². The summed E-state index contributed by atoms with van der Waals surface area (Å²) >= 11 is 0. The number of hydrogen-bond donors (Lipinski definition) is 2. The molecule has 0 bridgehead atoms. The summed E-state index contributed by atoms with van der Waals surface area (Å²) in [6.07, 6.45) is 6.98. The summed E-state index contributed by atoms with van der Waals surface area (Å²) in [4.78, 5) is 38.3. The first-order chi connectivity index (χ1) is 16.1. The van der Waals surface area contributed by atoms with E-state index in [9.17, 15) is 14.0 Å². The van der Waals surface area contributed by atoms with Crippen molar-refractivity contribution in [3.8, 4) is 11.3 Å². The number of ether oxygens (including phenoxy) is 1. The van der Waals surface area contributed by atoms with Gasteiger partial charge in [-0.15, -0.1) is 0 Å². The number of nitrogens with one attached hydrogen (secondary N) is 1. The van der Waals surface area contributed by atoms with Crippen LogP contribution in [0.2, 0.25) is 0 Å². The van der Waals surface area contributed by atoms with Crippen molar-refractivity contribution in [1.29, 1.82) is 0 Å². The van der Waals surface area contributed by atoms with Crippen molar-refractivity contribution in [2.24, 2.45) is 11.7 Å². The summed E-state index contributed by atoms with van der Waals surface area (Å²) < 4.78 is 21.4. The van der Waals surface area contributed by atoms with Crippen LogP contribution in [0.1, 0.15) is 44.1 Å². The van der Waals surface area contributed by atoms with Gasteiger partial charge in [0.2, 0.25) is 0 Å². The predicted octanol–water partition coefficient (Wildman–Crippen LogP) is 3.09. The lowest BCUT2D eigenvalue weighted by atomic mass is 9.97. The van der Waals surface area contributed by atoms with E-state index >= 15 is 0 Å². The Labute approximate surface area is 196 Å². The minimum absolute atomic E-state index is 0.0860. The zero-order valence-corrected chi connectivity index (χ0v) is 19.4. The number of piperidine rings is 1. The molecule has 0 atom stereocenters. The minimum atomic E-state index is -0.666. The third-order valence-corrected chi connectivity index (χ3v) is 5.56. The molecule has 0 radical (unpaired) electrons. The second kappa shape index (κ2) is 9.24. The average molecular weight is 470 g/mol. The maximum atomic E-state index is 14.4. The van der Waals surface area contributed by atoms with Crippen molar-refractivity contribution in [2.75, 3.05) is 25.0 Å². The molecule has 1 saturated heterocycles. The highest BCUT2D eigenvalue weighted by molar-refractivity contribution is 5.92. The lowest BCUT2D eigenvalue weighted by molar-refractivity contribution is 0.0188. The number of likely N-dealkylation sites (tertiary alicyclic amines) is 1. The summed E-state index contributed by atoms with van der Waals surface area (Å²) in [5.41, 5.74) is 6.02. The first-order valence-electron chi connectivity index (χ1n) is 11.1. The van der Waals surface area contributed by atoms with E-state index in [1.54, 1.807) is 15.5 Å². The second-order valence-electron chi connectivity index (χ2n) is 9.34. The molecule has 4 heterocycles. The summed E-state index contributed by atoms with van der Waals surface area (Å²) in [5.74, 6) is -0.478. The number of aromatic nitrogens is 4. The van der Waals surface area contributed by atoms with E-state index in [4.69, 9.17) is 10.5 Å². The molecule has 0 aromatic carbocycles. The van der Waals surface area contributed by atoms with Crippen LogP contribution in [0.5, 0.6) is 0 Å². The normalized spacial score (nSPS) is 14.9. The lowest BCUT2D eigenvalue weighted by Gasteiger charge is -2.33. The highest BCUT2D eigenvalue weighted by Gasteiger charge is 2.27. The van der Waals surface area contributed by atoms with Crippen molar-refractivity contribution >= 4 is 23.5 Å². The highest BCUT2D eigenvalue weighted by Crippen LogP contribution is 2.26. The van der Waals surface area contributed by atoms with Gasteiger partial charge in [-0.3, -0.25) is 9.78 Å². The molecule has 1 aliphatic rings. The molecule has 180 valence electrons. The molecule has 3 aromatic rings. The maximum absolute atomic E-state index is 14.4. The van der Waals surface area contributed by atoms with Crippen molar-refractivity contribution in [1.82, 2.24) is 24.3 Å². The van der Waals surface area contributed by atoms with Crippen LogP contribution in [0.15, 0.2) is 30.9 Å². The summed E-state index contributed by atoms with van der Waals surface area (Å²) in [6.45, 7) is 7.32. The lowest BCUT2D eigenvalue weighted by Crippen LogP contribution is -2.42. The molecular formula is C23H28FN7O3. The van der Waals surface area contributed by atoms with Crippen molar-refractivity contribution < 1.29 is 18.7 Å². The standard InChI is InChI=1S/C23H28FN7O3/c1-23(2,3)34-22(33)30-8-5-14(6-9-30)10-27-20-21-29-18(19(25)32)13-31(21)12-17(28-20)15-4-7-26-11-16(15)24/h4,7,11-14H,5-6,8-10H2,1-3H3,(H2,25,32)(H,27,28). The highest BCUT2D eigenvalue weighted by atomic mass is 19.1. The third kappa shape index (κ3) is 5.24. The van der Waals surface area contributed by atoms with Crippen LogP contribution >= 0.6 is 0 Å². The fourth-order valence-corrected chi connectivity index (χ4v) is 3.84. The van der Waals surface area contributed by atoms with Crippen LogP contribution in [0.25, 0.3) is 16.9 Å². The molecule has 10 nitrogen and oxygen atoms in total. The molecule has 1 fully saturated rings. The maximum Gasteiger partial charge on any atom is 0.410 e. The monoisotopic (exact) mass is 469 g/mol. The number of anilines is 1. The Balaban J connectivity index is 1.51. The Kier molecular flexibility index (Phi) is 6.36. The van der Waals surface area contributed by atoms with Crippen LogP contribution in [0.4, 0.5) is 15.0 Å². The van der Waals surface area contributed by atoms with Gasteiger partial charge in [0.05, 0.1) is 11.9 Å². The molecule has 4 rings (SSSR count). The van der Waals surface area contributed by atoms with E-state index in [1.165, 1.54) is 18.5 Å². The molecule has 11 heteroatoms. The number of hydrogen-bond acceptors (Lipinski definition) is 7. The number of imidazole rings is 1. The largest absolute Gasteiger partial charge is 0.444 e. The first kappa shape index (κ1) is 23.4. The zero-order chi connectivity index (χ0) is 24.5. The van der Waals surface area contributed by atoms with E-state index in [0.717, 1.165) is 19.0 Å². The van der Waals surface area contributed by atoms with Gasteiger partial charge in [0, 0.05) is 43.8 Å². The smallest absolute Gasteiger partial charge is 0.410 e. The van der Waals surface area contributed by atoms with Crippen molar-refractivity contribution in [2.45, 2.75) is 39.2 Å². The number of halogens is 1. The predicted molar refractivity (Wildman–Crippen MR) is 124 cm³/mol.